The Labute approximate surface area is 152 Å². The third kappa shape index (κ3) is 3.00. The molecule has 0 saturated carbocycles. The third-order valence-electron chi connectivity index (χ3n) is 3.98. The molecule has 0 fully saturated rings. The number of aromatic nitrogens is 1. The largest absolute Gasteiger partial charge is 0.373 e. The molecule has 0 aliphatic rings. The van der Waals surface area contributed by atoms with Crippen LogP contribution in [0.3, 0.4) is 0 Å². The molecule has 0 radical (unpaired) electrons. The molecule has 4 nitrogen and oxygen atoms in total. The van der Waals surface area contributed by atoms with Crippen molar-refractivity contribution in [2.24, 2.45) is 7.05 Å². The molecule has 3 aromatic rings. The fourth-order valence-corrected chi connectivity index (χ4v) is 3.64. The van der Waals surface area contributed by atoms with Gasteiger partial charge < -0.3 is 14.8 Å². The molecule has 1 amide bonds. The van der Waals surface area contributed by atoms with Crippen LogP contribution in [0.4, 0.5) is 20.2 Å². The Morgan fingerprint density at radius 1 is 1.16 bits per heavy atom. The monoisotopic (exact) mass is 407 g/mol. The predicted octanol–water partition coefficient (Wildman–Crippen LogP) is 4.54. The minimum Gasteiger partial charge on any atom is -0.373 e. The summed E-state index contributed by atoms with van der Waals surface area (Å²) in [5.41, 5.74) is 1.16. The van der Waals surface area contributed by atoms with Gasteiger partial charge in [0.25, 0.3) is 5.91 Å². The van der Waals surface area contributed by atoms with Crippen molar-refractivity contribution in [1.82, 2.24) is 4.57 Å². The van der Waals surface area contributed by atoms with E-state index in [0.717, 1.165) is 23.0 Å². The minimum absolute atomic E-state index is 0.0581. The summed E-state index contributed by atoms with van der Waals surface area (Å²) in [4.78, 5) is 14.0. The lowest BCUT2D eigenvalue weighted by atomic mass is 10.2. The summed E-state index contributed by atoms with van der Waals surface area (Å²) >= 11 is 3.44. The highest BCUT2D eigenvalue weighted by Gasteiger charge is 2.21. The molecule has 0 spiro atoms. The number of fused-ring (bicyclic) bond motifs is 1. The highest BCUT2D eigenvalue weighted by molar-refractivity contribution is 9.10. The van der Waals surface area contributed by atoms with Crippen LogP contribution in [0.15, 0.2) is 40.9 Å². The van der Waals surface area contributed by atoms with Gasteiger partial charge in [0.1, 0.15) is 11.4 Å². The van der Waals surface area contributed by atoms with E-state index in [9.17, 15) is 13.6 Å². The van der Waals surface area contributed by atoms with E-state index in [0.29, 0.717) is 10.2 Å². The lowest BCUT2D eigenvalue weighted by Gasteiger charge is -2.16. The molecular formula is C18H16BrF2N3O. The first-order chi connectivity index (χ1) is 11.8. The van der Waals surface area contributed by atoms with Crippen molar-refractivity contribution >= 4 is 44.1 Å². The topological polar surface area (TPSA) is 37.3 Å². The number of aryl methyl sites for hydroxylation is 1. The summed E-state index contributed by atoms with van der Waals surface area (Å²) in [6, 6.07) is 9.74. The van der Waals surface area contributed by atoms with Crippen molar-refractivity contribution in [3.8, 4) is 0 Å². The van der Waals surface area contributed by atoms with Gasteiger partial charge in [-0.3, -0.25) is 4.79 Å². The van der Waals surface area contributed by atoms with E-state index in [2.05, 4.69) is 21.2 Å². The van der Waals surface area contributed by atoms with Gasteiger partial charge in [-0.2, -0.15) is 0 Å². The van der Waals surface area contributed by atoms with Crippen LogP contribution in [0.5, 0.6) is 0 Å². The van der Waals surface area contributed by atoms with Crippen LogP contribution in [-0.4, -0.2) is 24.6 Å². The van der Waals surface area contributed by atoms with Crippen molar-refractivity contribution < 1.29 is 13.6 Å². The maximum absolute atomic E-state index is 14.1. The normalized spacial score (nSPS) is 11.0. The van der Waals surface area contributed by atoms with Crippen molar-refractivity contribution in [2.75, 3.05) is 24.3 Å². The Hall–Kier alpha value is -2.41. The average molecular weight is 408 g/mol. The Bertz CT molecular complexity index is 920. The van der Waals surface area contributed by atoms with Gasteiger partial charge >= 0.3 is 0 Å². The predicted molar refractivity (Wildman–Crippen MR) is 99.3 cm³/mol. The average Bonchev–Trinajstić information content (AvgIpc) is 2.78. The first-order valence-corrected chi connectivity index (χ1v) is 8.31. The fraction of sp³-hybridized carbons (Fsp3) is 0.167. The SMILES string of the molecule is CN(C)c1c(F)cc(NC(=O)c2c(Br)c3ccccc3n2C)cc1F. The number of para-hydroxylation sites is 1. The van der Waals surface area contributed by atoms with Gasteiger partial charge in [0, 0.05) is 37.7 Å². The van der Waals surface area contributed by atoms with E-state index in [-0.39, 0.29) is 11.4 Å². The second-order valence-corrected chi connectivity index (χ2v) is 6.67. The maximum Gasteiger partial charge on any atom is 0.273 e. The number of benzene rings is 2. The Morgan fingerprint density at radius 2 is 1.76 bits per heavy atom. The standard InChI is InChI=1S/C18H16BrF2N3O/c1-23(2)16-12(20)8-10(9-13(16)21)22-18(25)17-15(19)11-6-4-5-7-14(11)24(17)3/h4-9H,1-3H3,(H,22,25). The van der Waals surface area contributed by atoms with Crippen LogP contribution >= 0.6 is 15.9 Å². The minimum atomic E-state index is -0.739. The molecular weight excluding hydrogens is 392 g/mol. The van der Waals surface area contributed by atoms with Gasteiger partial charge in [-0.1, -0.05) is 18.2 Å². The van der Waals surface area contributed by atoms with Crippen LogP contribution < -0.4 is 10.2 Å². The number of amides is 1. The van der Waals surface area contributed by atoms with Gasteiger partial charge in [0.2, 0.25) is 0 Å². The Kier molecular flexibility index (Phi) is 4.51. The fourth-order valence-electron chi connectivity index (χ4n) is 2.85. The first kappa shape index (κ1) is 17.4. The van der Waals surface area contributed by atoms with E-state index in [4.69, 9.17) is 0 Å². The number of halogens is 3. The molecule has 1 heterocycles. The van der Waals surface area contributed by atoms with Crippen LogP contribution in [-0.2, 0) is 7.05 Å². The number of nitrogens with one attached hydrogen (secondary N) is 1. The summed E-state index contributed by atoms with van der Waals surface area (Å²) in [6.07, 6.45) is 0. The molecule has 0 unspecified atom stereocenters. The summed E-state index contributed by atoms with van der Waals surface area (Å²) in [7, 11) is 4.86. The van der Waals surface area contributed by atoms with Crippen LogP contribution in [0.1, 0.15) is 10.5 Å². The number of nitrogens with zero attached hydrogens (tertiary/aromatic N) is 2. The van der Waals surface area contributed by atoms with E-state index in [1.54, 1.807) is 25.7 Å². The van der Waals surface area contributed by atoms with E-state index < -0.39 is 17.5 Å². The molecule has 0 bridgehead atoms. The van der Waals surface area contributed by atoms with Gasteiger partial charge in [-0.15, -0.1) is 0 Å². The molecule has 2 aromatic carbocycles. The Balaban J connectivity index is 1.99. The molecule has 1 N–H and O–H groups in total. The highest BCUT2D eigenvalue weighted by Crippen LogP contribution is 2.31. The number of hydrogen-bond donors (Lipinski definition) is 1. The summed E-state index contributed by atoms with van der Waals surface area (Å²) in [5.74, 6) is -1.94. The maximum atomic E-state index is 14.1. The first-order valence-electron chi connectivity index (χ1n) is 7.52. The highest BCUT2D eigenvalue weighted by atomic mass is 79.9. The molecule has 25 heavy (non-hydrogen) atoms. The van der Waals surface area contributed by atoms with Crippen molar-refractivity contribution in [3.63, 3.8) is 0 Å². The summed E-state index contributed by atoms with van der Waals surface area (Å²) in [5, 5.41) is 3.45. The molecule has 1 aromatic heterocycles. The van der Waals surface area contributed by atoms with Crippen LogP contribution in [0.2, 0.25) is 0 Å². The summed E-state index contributed by atoms with van der Waals surface area (Å²) in [6.45, 7) is 0. The lowest BCUT2D eigenvalue weighted by Crippen LogP contribution is -2.18. The van der Waals surface area contributed by atoms with Crippen molar-refractivity contribution in [3.05, 3.63) is 58.2 Å². The van der Waals surface area contributed by atoms with Gasteiger partial charge in [-0.05, 0) is 34.1 Å². The van der Waals surface area contributed by atoms with Crippen LogP contribution in [0, 0.1) is 11.6 Å². The Morgan fingerprint density at radius 3 is 2.32 bits per heavy atom. The van der Waals surface area contributed by atoms with Gasteiger partial charge in [0.05, 0.1) is 4.47 Å². The molecule has 0 saturated heterocycles. The molecule has 3 rings (SSSR count). The third-order valence-corrected chi connectivity index (χ3v) is 4.78. The number of anilines is 2. The molecule has 7 heteroatoms. The van der Waals surface area contributed by atoms with Crippen LogP contribution in [0.25, 0.3) is 10.9 Å². The molecule has 130 valence electrons. The second kappa shape index (κ2) is 6.48. The van der Waals surface area contributed by atoms with E-state index in [1.807, 2.05) is 24.3 Å². The molecule has 0 aliphatic carbocycles. The summed E-state index contributed by atoms with van der Waals surface area (Å²) < 4.78 is 30.6. The van der Waals surface area contributed by atoms with E-state index in [1.165, 1.54) is 4.90 Å². The van der Waals surface area contributed by atoms with Gasteiger partial charge in [0.15, 0.2) is 11.6 Å². The van der Waals surface area contributed by atoms with Crippen molar-refractivity contribution in [2.45, 2.75) is 0 Å². The quantitative estimate of drug-likeness (QED) is 0.691. The zero-order valence-corrected chi connectivity index (χ0v) is 15.5. The number of hydrogen-bond acceptors (Lipinski definition) is 2. The van der Waals surface area contributed by atoms with E-state index >= 15 is 0 Å². The molecule has 0 aliphatic heterocycles. The number of rotatable bonds is 3. The number of carbonyl (C=O) groups excluding carboxylic acids is 1. The number of carbonyl (C=O) groups is 1. The second-order valence-electron chi connectivity index (χ2n) is 5.88. The van der Waals surface area contributed by atoms with Crippen molar-refractivity contribution in [1.29, 1.82) is 0 Å². The zero-order valence-electron chi connectivity index (χ0n) is 13.9. The van der Waals surface area contributed by atoms with Gasteiger partial charge in [-0.25, -0.2) is 8.78 Å². The smallest absolute Gasteiger partial charge is 0.273 e. The lowest BCUT2D eigenvalue weighted by molar-refractivity contribution is 0.101. The zero-order chi connectivity index (χ0) is 18.3. The molecule has 0 atom stereocenters.